The van der Waals surface area contributed by atoms with Crippen molar-refractivity contribution in [2.24, 2.45) is 0 Å². The van der Waals surface area contributed by atoms with Gasteiger partial charge in [0.05, 0.1) is 12.9 Å². The fourth-order valence-electron chi connectivity index (χ4n) is 2.99. The van der Waals surface area contributed by atoms with Crippen LogP contribution in [0.15, 0.2) is 72.4 Å². The lowest BCUT2D eigenvalue weighted by Gasteiger charge is -2.18. The standard InChI is InChI=1S/C23H26N4O3S/c1-5-15-27-22(17(2)30-20-14-10-9-13-19(20)29-4)24-25-23(27)31-16-21(28)26(3)18-11-7-6-8-12-18/h5-14,17H,1,15-16H2,2-4H3. The molecule has 162 valence electrons. The van der Waals surface area contributed by atoms with Crippen LogP contribution in [0.4, 0.5) is 5.69 Å². The number of carbonyl (C=O) groups excluding carboxylic acids is 1. The normalized spacial score (nSPS) is 11.6. The SMILES string of the molecule is C=CCn1c(SCC(=O)N(C)c2ccccc2)nnc1C(C)Oc1ccccc1OC. The van der Waals surface area contributed by atoms with Crippen LogP contribution < -0.4 is 14.4 Å². The van der Waals surface area contributed by atoms with Crippen molar-refractivity contribution in [3.63, 3.8) is 0 Å². The topological polar surface area (TPSA) is 69.5 Å². The minimum absolute atomic E-state index is 0.0239. The molecule has 1 amide bonds. The molecule has 0 N–H and O–H groups in total. The molecular formula is C23H26N4O3S. The highest BCUT2D eigenvalue weighted by Crippen LogP contribution is 2.31. The van der Waals surface area contributed by atoms with Gasteiger partial charge in [0.2, 0.25) is 5.91 Å². The van der Waals surface area contributed by atoms with Crippen molar-refractivity contribution in [1.82, 2.24) is 14.8 Å². The molecule has 31 heavy (non-hydrogen) atoms. The number of amides is 1. The molecule has 1 heterocycles. The zero-order chi connectivity index (χ0) is 22.2. The number of nitrogens with zero attached hydrogens (tertiary/aromatic N) is 4. The number of thioether (sulfide) groups is 1. The van der Waals surface area contributed by atoms with Crippen molar-refractivity contribution in [3.05, 3.63) is 73.1 Å². The third-order valence-corrected chi connectivity index (χ3v) is 5.59. The molecule has 0 aliphatic rings. The zero-order valence-electron chi connectivity index (χ0n) is 17.9. The Labute approximate surface area is 186 Å². The number of para-hydroxylation sites is 3. The maximum absolute atomic E-state index is 12.6. The van der Waals surface area contributed by atoms with Crippen LogP contribution in [-0.2, 0) is 11.3 Å². The van der Waals surface area contributed by atoms with Crippen molar-refractivity contribution in [2.75, 3.05) is 24.8 Å². The molecule has 3 aromatic rings. The number of benzene rings is 2. The molecule has 0 saturated heterocycles. The van der Waals surface area contributed by atoms with Crippen molar-refractivity contribution in [1.29, 1.82) is 0 Å². The molecular weight excluding hydrogens is 412 g/mol. The minimum atomic E-state index is -0.374. The van der Waals surface area contributed by atoms with E-state index in [1.165, 1.54) is 11.8 Å². The summed E-state index contributed by atoms with van der Waals surface area (Å²) in [6, 6.07) is 17.0. The van der Waals surface area contributed by atoms with Gasteiger partial charge in [-0.1, -0.05) is 48.2 Å². The lowest BCUT2D eigenvalue weighted by atomic mass is 10.3. The van der Waals surface area contributed by atoms with Crippen LogP contribution in [0.3, 0.4) is 0 Å². The summed E-state index contributed by atoms with van der Waals surface area (Å²) in [6.07, 6.45) is 1.39. The van der Waals surface area contributed by atoms with E-state index in [4.69, 9.17) is 9.47 Å². The Bertz CT molecular complexity index is 1020. The van der Waals surface area contributed by atoms with Gasteiger partial charge in [-0.3, -0.25) is 9.36 Å². The summed E-state index contributed by atoms with van der Waals surface area (Å²) in [5.74, 6) is 2.14. The third-order valence-electron chi connectivity index (χ3n) is 4.64. The highest BCUT2D eigenvalue weighted by molar-refractivity contribution is 7.99. The molecule has 2 aromatic carbocycles. The van der Waals surface area contributed by atoms with Crippen molar-refractivity contribution in [3.8, 4) is 11.5 Å². The second-order valence-corrected chi connectivity index (χ2v) is 7.67. The zero-order valence-corrected chi connectivity index (χ0v) is 18.7. The van der Waals surface area contributed by atoms with E-state index in [0.29, 0.717) is 29.0 Å². The average molecular weight is 439 g/mol. The van der Waals surface area contributed by atoms with Crippen molar-refractivity contribution >= 4 is 23.4 Å². The van der Waals surface area contributed by atoms with E-state index in [1.54, 1.807) is 25.1 Å². The average Bonchev–Trinajstić information content (AvgIpc) is 3.20. The number of anilines is 1. The summed E-state index contributed by atoms with van der Waals surface area (Å²) < 4.78 is 13.3. The number of aromatic nitrogens is 3. The predicted octanol–water partition coefficient (Wildman–Crippen LogP) is 4.37. The van der Waals surface area contributed by atoms with E-state index in [0.717, 1.165) is 5.69 Å². The Morgan fingerprint density at radius 2 is 1.84 bits per heavy atom. The van der Waals surface area contributed by atoms with Gasteiger partial charge < -0.3 is 14.4 Å². The quantitative estimate of drug-likeness (QED) is 0.346. The van der Waals surface area contributed by atoms with Crippen LogP contribution in [-0.4, -0.2) is 40.6 Å². The maximum Gasteiger partial charge on any atom is 0.237 e. The van der Waals surface area contributed by atoms with Gasteiger partial charge >= 0.3 is 0 Å². The van der Waals surface area contributed by atoms with E-state index >= 15 is 0 Å². The van der Waals surface area contributed by atoms with E-state index in [1.807, 2.05) is 66.1 Å². The number of hydrogen-bond acceptors (Lipinski definition) is 6. The maximum atomic E-state index is 12.6. The number of methoxy groups -OCH3 is 1. The van der Waals surface area contributed by atoms with Gasteiger partial charge in [0.25, 0.3) is 0 Å². The van der Waals surface area contributed by atoms with Gasteiger partial charge in [0.15, 0.2) is 28.6 Å². The molecule has 0 radical (unpaired) electrons. The molecule has 7 nitrogen and oxygen atoms in total. The monoisotopic (exact) mass is 438 g/mol. The molecule has 1 atom stereocenters. The largest absolute Gasteiger partial charge is 0.493 e. The van der Waals surface area contributed by atoms with E-state index in [-0.39, 0.29) is 17.8 Å². The summed E-state index contributed by atoms with van der Waals surface area (Å²) in [5, 5.41) is 9.25. The van der Waals surface area contributed by atoms with Crippen LogP contribution in [0.2, 0.25) is 0 Å². The minimum Gasteiger partial charge on any atom is -0.493 e. The molecule has 8 heteroatoms. The van der Waals surface area contributed by atoms with Gasteiger partial charge in [0.1, 0.15) is 0 Å². The molecule has 0 spiro atoms. The molecule has 0 fully saturated rings. The van der Waals surface area contributed by atoms with Crippen LogP contribution >= 0.6 is 11.8 Å². The predicted molar refractivity (Wildman–Crippen MR) is 123 cm³/mol. The molecule has 1 unspecified atom stereocenters. The summed E-state index contributed by atoms with van der Waals surface area (Å²) in [4.78, 5) is 14.3. The van der Waals surface area contributed by atoms with Gasteiger partial charge in [0, 0.05) is 19.3 Å². The summed E-state index contributed by atoms with van der Waals surface area (Å²) in [5.41, 5.74) is 0.847. The number of hydrogen-bond donors (Lipinski definition) is 0. The van der Waals surface area contributed by atoms with Crippen LogP contribution in [0.25, 0.3) is 0 Å². The van der Waals surface area contributed by atoms with Gasteiger partial charge in [-0.15, -0.1) is 16.8 Å². The number of allylic oxidation sites excluding steroid dienone is 1. The first kappa shape index (κ1) is 22.4. The van der Waals surface area contributed by atoms with E-state index in [9.17, 15) is 4.79 Å². The second kappa shape index (κ2) is 10.7. The lowest BCUT2D eigenvalue weighted by molar-refractivity contribution is -0.115. The third kappa shape index (κ3) is 5.46. The summed E-state index contributed by atoms with van der Waals surface area (Å²) in [7, 11) is 3.37. The first-order valence-corrected chi connectivity index (χ1v) is 10.8. The summed E-state index contributed by atoms with van der Waals surface area (Å²) in [6.45, 7) is 6.24. The first-order chi connectivity index (χ1) is 15.0. The number of rotatable bonds is 10. The van der Waals surface area contributed by atoms with Crippen LogP contribution in [0.5, 0.6) is 11.5 Å². The van der Waals surface area contributed by atoms with Crippen LogP contribution in [0.1, 0.15) is 18.9 Å². The van der Waals surface area contributed by atoms with Crippen LogP contribution in [0, 0.1) is 0 Å². The number of ether oxygens (including phenoxy) is 2. The Morgan fingerprint density at radius 3 is 2.52 bits per heavy atom. The smallest absolute Gasteiger partial charge is 0.237 e. The van der Waals surface area contributed by atoms with E-state index in [2.05, 4.69) is 16.8 Å². The van der Waals surface area contributed by atoms with Gasteiger partial charge in [-0.05, 0) is 31.2 Å². The molecule has 0 saturated carbocycles. The molecule has 0 bridgehead atoms. The summed E-state index contributed by atoms with van der Waals surface area (Å²) >= 11 is 1.34. The Hall–Kier alpha value is -3.26. The van der Waals surface area contributed by atoms with Crippen molar-refractivity contribution < 1.29 is 14.3 Å². The van der Waals surface area contributed by atoms with Gasteiger partial charge in [-0.25, -0.2) is 0 Å². The Morgan fingerprint density at radius 1 is 1.16 bits per heavy atom. The highest BCUT2D eigenvalue weighted by atomic mass is 32.2. The Kier molecular flexibility index (Phi) is 7.72. The van der Waals surface area contributed by atoms with Crippen molar-refractivity contribution in [2.45, 2.75) is 24.7 Å². The van der Waals surface area contributed by atoms with E-state index < -0.39 is 0 Å². The fraction of sp³-hybridized carbons (Fsp3) is 0.261. The molecule has 0 aliphatic carbocycles. The fourth-order valence-corrected chi connectivity index (χ4v) is 3.85. The number of carbonyl (C=O) groups is 1. The molecule has 0 aliphatic heterocycles. The molecule has 3 rings (SSSR count). The molecule has 1 aromatic heterocycles. The van der Waals surface area contributed by atoms with Gasteiger partial charge in [-0.2, -0.15) is 0 Å². The first-order valence-electron chi connectivity index (χ1n) is 9.83. The lowest BCUT2D eigenvalue weighted by Crippen LogP contribution is -2.28. The second-order valence-electron chi connectivity index (χ2n) is 6.73. The highest BCUT2D eigenvalue weighted by Gasteiger charge is 2.21. The Balaban J connectivity index is 1.72.